The fourth-order valence-corrected chi connectivity index (χ4v) is 6.05. The molecular weight excluding hydrogens is 502 g/mol. The lowest BCUT2D eigenvalue weighted by Gasteiger charge is -2.41. The Kier molecular flexibility index (Phi) is 5.87. The van der Waals surface area contributed by atoms with Crippen molar-refractivity contribution in [2.75, 3.05) is 23.3 Å². The summed E-state index contributed by atoms with van der Waals surface area (Å²) in [7, 11) is 0. The number of hydrogen-bond acceptors (Lipinski definition) is 8. The Morgan fingerprint density at radius 1 is 1.05 bits per heavy atom. The van der Waals surface area contributed by atoms with Gasteiger partial charge in [0.25, 0.3) is 0 Å². The van der Waals surface area contributed by atoms with Crippen molar-refractivity contribution in [2.45, 2.75) is 38.3 Å². The predicted molar refractivity (Wildman–Crippen MR) is 154 cm³/mol. The summed E-state index contributed by atoms with van der Waals surface area (Å²) >= 11 is 0. The molecule has 200 valence electrons. The average Bonchev–Trinajstić information content (AvgIpc) is 3.54. The van der Waals surface area contributed by atoms with E-state index in [4.69, 9.17) is 4.98 Å². The summed E-state index contributed by atoms with van der Waals surface area (Å²) in [6.07, 6.45) is 9.37. The number of anilines is 3. The van der Waals surface area contributed by atoms with Crippen LogP contribution in [-0.4, -0.2) is 65.5 Å². The standard InChI is InChI=1S/C30H29N9O/c1-3-28(40)37-15-23-6-7-24(16-37)39(23)26-9-8-25-29(36-26)30(33-17-31-25)35-22-5-4-21(19(2)12-22)13-20-10-11-38-27(14-20)32-18-34-38/h3-5,8-12,14,17-18,23-24H,1,6-7,13,15-16H2,2H3,(H,31,33,35). The van der Waals surface area contributed by atoms with E-state index in [9.17, 15) is 4.79 Å². The Bertz CT molecular complexity index is 1750. The lowest BCUT2D eigenvalue weighted by atomic mass is 10.0. The van der Waals surface area contributed by atoms with E-state index in [0.717, 1.165) is 47.4 Å². The molecule has 7 rings (SSSR count). The first-order chi connectivity index (χ1) is 19.6. The SMILES string of the molecule is C=CC(=O)N1CC2CCC(C1)N2c1ccc2ncnc(Nc3ccc(Cc4ccn5ncnc5c4)c(C)c3)c2n1. The van der Waals surface area contributed by atoms with Gasteiger partial charge in [-0.3, -0.25) is 4.79 Å². The highest BCUT2D eigenvalue weighted by atomic mass is 16.2. The van der Waals surface area contributed by atoms with E-state index in [1.165, 1.54) is 22.8 Å². The Morgan fingerprint density at radius 3 is 2.70 bits per heavy atom. The molecular formula is C30H29N9O. The topological polar surface area (TPSA) is 104 Å². The first kappa shape index (κ1) is 24.2. The minimum absolute atomic E-state index is 0.000564. The summed E-state index contributed by atoms with van der Waals surface area (Å²) < 4.78 is 1.77. The summed E-state index contributed by atoms with van der Waals surface area (Å²) in [6, 6.07) is 15.0. The fraction of sp³-hybridized carbons (Fsp3) is 0.267. The van der Waals surface area contributed by atoms with Crippen LogP contribution in [0.4, 0.5) is 17.3 Å². The van der Waals surface area contributed by atoms with E-state index in [1.54, 1.807) is 17.2 Å². The van der Waals surface area contributed by atoms with E-state index in [2.05, 4.69) is 74.1 Å². The maximum Gasteiger partial charge on any atom is 0.246 e. The second kappa shape index (κ2) is 9.71. The maximum absolute atomic E-state index is 12.2. The van der Waals surface area contributed by atoms with Crippen LogP contribution in [0.25, 0.3) is 16.7 Å². The summed E-state index contributed by atoms with van der Waals surface area (Å²) in [4.78, 5) is 34.9. The van der Waals surface area contributed by atoms with Crippen LogP contribution in [0, 0.1) is 6.92 Å². The molecule has 0 radical (unpaired) electrons. The third-order valence-corrected chi connectivity index (χ3v) is 8.05. The molecule has 1 N–H and O–H groups in total. The lowest BCUT2D eigenvalue weighted by molar-refractivity contribution is -0.126. The van der Waals surface area contributed by atoms with Crippen molar-refractivity contribution in [1.82, 2.24) is 34.4 Å². The van der Waals surface area contributed by atoms with Gasteiger partial charge in [-0.1, -0.05) is 12.6 Å². The molecule has 10 nitrogen and oxygen atoms in total. The first-order valence-corrected chi connectivity index (χ1v) is 13.5. The summed E-state index contributed by atoms with van der Waals surface area (Å²) in [5.74, 6) is 1.57. The Morgan fingerprint density at radius 2 is 1.90 bits per heavy atom. The highest BCUT2D eigenvalue weighted by molar-refractivity contribution is 5.89. The van der Waals surface area contributed by atoms with Gasteiger partial charge in [0.1, 0.15) is 24.0 Å². The van der Waals surface area contributed by atoms with Gasteiger partial charge in [0.15, 0.2) is 11.5 Å². The minimum atomic E-state index is 0.000564. The molecule has 2 saturated heterocycles. The highest BCUT2D eigenvalue weighted by Crippen LogP contribution is 2.35. The molecule has 0 spiro atoms. The molecule has 2 fully saturated rings. The van der Waals surface area contributed by atoms with E-state index in [-0.39, 0.29) is 18.0 Å². The maximum atomic E-state index is 12.2. The number of rotatable bonds is 6. The summed E-state index contributed by atoms with van der Waals surface area (Å²) in [6.45, 7) is 7.16. The fourth-order valence-electron chi connectivity index (χ4n) is 6.05. The number of piperazine rings is 1. The van der Waals surface area contributed by atoms with Gasteiger partial charge in [-0.25, -0.2) is 24.5 Å². The smallest absolute Gasteiger partial charge is 0.246 e. The molecule has 1 aromatic carbocycles. The lowest BCUT2D eigenvalue weighted by Crippen LogP contribution is -2.55. The van der Waals surface area contributed by atoms with Crippen LogP contribution >= 0.6 is 0 Å². The van der Waals surface area contributed by atoms with Crippen LogP contribution in [0.5, 0.6) is 0 Å². The number of likely N-dealkylation sites (tertiary alicyclic amines) is 1. The number of aromatic nitrogens is 6. The highest BCUT2D eigenvalue weighted by Gasteiger charge is 2.41. The van der Waals surface area contributed by atoms with Gasteiger partial charge in [0.2, 0.25) is 5.91 Å². The molecule has 2 atom stereocenters. The summed E-state index contributed by atoms with van der Waals surface area (Å²) in [5, 5.41) is 7.65. The number of benzene rings is 1. The average molecular weight is 532 g/mol. The molecule has 2 aliphatic rings. The Balaban J connectivity index is 1.13. The zero-order valence-electron chi connectivity index (χ0n) is 22.2. The number of fused-ring (bicyclic) bond motifs is 4. The van der Waals surface area contributed by atoms with Crippen LogP contribution in [0.15, 0.2) is 74.0 Å². The molecule has 2 unspecified atom stereocenters. The number of amides is 1. The Labute approximate surface area is 231 Å². The number of nitrogens with zero attached hydrogens (tertiary/aromatic N) is 8. The molecule has 0 saturated carbocycles. The molecule has 4 aromatic heterocycles. The van der Waals surface area contributed by atoms with Gasteiger partial charge in [-0.15, -0.1) is 0 Å². The molecule has 10 heteroatoms. The van der Waals surface area contributed by atoms with Crippen LogP contribution in [0.1, 0.15) is 29.5 Å². The Hall–Kier alpha value is -4.86. The molecule has 5 aromatic rings. The van der Waals surface area contributed by atoms with Crippen molar-refractivity contribution >= 4 is 39.9 Å². The number of carbonyl (C=O) groups is 1. The van der Waals surface area contributed by atoms with Gasteiger partial charge >= 0.3 is 0 Å². The van der Waals surface area contributed by atoms with Crippen molar-refractivity contribution < 1.29 is 4.79 Å². The van der Waals surface area contributed by atoms with E-state index < -0.39 is 0 Å². The van der Waals surface area contributed by atoms with Gasteiger partial charge in [0, 0.05) is 37.1 Å². The molecule has 1 amide bonds. The second-order valence-electron chi connectivity index (χ2n) is 10.5. The van der Waals surface area contributed by atoms with Crippen molar-refractivity contribution in [3.05, 3.63) is 90.7 Å². The molecule has 0 aliphatic carbocycles. The summed E-state index contributed by atoms with van der Waals surface area (Å²) in [5.41, 5.74) is 6.91. The van der Waals surface area contributed by atoms with Crippen LogP contribution < -0.4 is 10.2 Å². The third kappa shape index (κ3) is 4.31. The zero-order valence-corrected chi connectivity index (χ0v) is 22.2. The third-order valence-electron chi connectivity index (χ3n) is 8.05. The number of pyridine rings is 2. The molecule has 6 heterocycles. The van der Waals surface area contributed by atoms with E-state index in [0.29, 0.717) is 18.9 Å². The number of carbonyl (C=O) groups excluding carboxylic acids is 1. The van der Waals surface area contributed by atoms with Crippen molar-refractivity contribution in [3.8, 4) is 0 Å². The quantitative estimate of drug-likeness (QED) is 0.327. The largest absolute Gasteiger partial charge is 0.347 e. The van der Waals surface area contributed by atoms with Crippen molar-refractivity contribution in [2.24, 2.45) is 0 Å². The van der Waals surface area contributed by atoms with E-state index in [1.807, 2.05) is 23.2 Å². The number of nitrogens with one attached hydrogen (secondary N) is 1. The predicted octanol–water partition coefficient (Wildman–Crippen LogP) is 4.08. The molecule has 40 heavy (non-hydrogen) atoms. The van der Waals surface area contributed by atoms with E-state index >= 15 is 0 Å². The van der Waals surface area contributed by atoms with Crippen molar-refractivity contribution in [1.29, 1.82) is 0 Å². The van der Waals surface area contributed by atoms with Crippen LogP contribution in [0.3, 0.4) is 0 Å². The normalized spacial score (nSPS) is 18.4. The zero-order chi connectivity index (χ0) is 27.2. The number of hydrogen-bond donors (Lipinski definition) is 1. The monoisotopic (exact) mass is 531 g/mol. The first-order valence-electron chi connectivity index (χ1n) is 13.5. The van der Waals surface area contributed by atoms with Gasteiger partial charge in [-0.05, 0) is 85.4 Å². The van der Waals surface area contributed by atoms with Crippen LogP contribution in [0.2, 0.25) is 0 Å². The van der Waals surface area contributed by atoms with Crippen molar-refractivity contribution in [3.63, 3.8) is 0 Å². The second-order valence-corrected chi connectivity index (χ2v) is 10.5. The minimum Gasteiger partial charge on any atom is -0.347 e. The van der Waals surface area contributed by atoms with Gasteiger partial charge < -0.3 is 15.1 Å². The van der Waals surface area contributed by atoms with Gasteiger partial charge in [-0.2, -0.15) is 5.10 Å². The number of aryl methyl sites for hydroxylation is 1. The van der Waals surface area contributed by atoms with Gasteiger partial charge in [0.05, 0.1) is 5.52 Å². The molecule has 2 bridgehead atoms. The van der Waals surface area contributed by atoms with Crippen LogP contribution in [-0.2, 0) is 11.2 Å². The molecule has 2 aliphatic heterocycles.